The van der Waals surface area contributed by atoms with Crippen LogP contribution in [-0.4, -0.2) is 42.8 Å². The molecule has 0 aliphatic heterocycles. The monoisotopic (exact) mass is 535 g/mol. The molecule has 4 aromatic rings. The van der Waals surface area contributed by atoms with Gasteiger partial charge < -0.3 is 24.1 Å². The molecule has 0 aliphatic carbocycles. The van der Waals surface area contributed by atoms with Crippen LogP contribution in [-0.2, 0) is 13.0 Å². The van der Waals surface area contributed by atoms with Crippen LogP contribution in [0.2, 0.25) is 5.02 Å². The van der Waals surface area contributed by atoms with Crippen molar-refractivity contribution in [1.82, 2.24) is 14.9 Å². The van der Waals surface area contributed by atoms with Gasteiger partial charge in [-0.1, -0.05) is 23.7 Å². The number of methoxy groups -OCH3 is 2. The molecule has 0 radical (unpaired) electrons. The van der Waals surface area contributed by atoms with E-state index in [4.69, 9.17) is 30.8 Å². The Balaban J connectivity index is 1.34. The number of nitrogens with zero attached hydrogens (tertiary/aromatic N) is 2. The number of carbonyl (C=O) groups excluding carboxylic acids is 1. The zero-order chi connectivity index (χ0) is 27.1. The average molecular weight is 536 g/mol. The smallest absolute Gasteiger partial charge is 0.251 e. The number of benzene rings is 3. The van der Waals surface area contributed by atoms with Crippen LogP contribution in [0.4, 0.5) is 0 Å². The Kier molecular flexibility index (Phi) is 9.13. The van der Waals surface area contributed by atoms with Crippen molar-refractivity contribution < 1.29 is 19.0 Å². The van der Waals surface area contributed by atoms with Crippen molar-refractivity contribution in [2.45, 2.75) is 39.7 Å². The summed E-state index contributed by atoms with van der Waals surface area (Å²) < 4.78 is 18.8. The van der Waals surface area contributed by atoms with Crippen molar-refractivity contribution in [1.29, 1.82) is 0 Å². The average Bonchev–Trinajstić information content (AvgIpc) is 3.28. The molecule has 3 aromatic carbocycles. The molecule has 0 atom stereocenters. The highest BCUT2D eigenvalue weighted by atomic mass is 35.5. The molecule has 7 nitrogen and oxygen atoms in total. The maximum atomic E-state index is 12.7. The number of halogens is 1. The summed E-state index contributed by atoms with van der Waals surface area (Å²) in [5.41, 5.74) is 4.61. The summed E-state index contributed by atoms with van der Waals surface area (Å²) in [7, 11) is 3.12. The Morgan fingerprint density at radius 1 is 0.974 bits per heavy atom. The van der Waals surface area contributed by atoms with Gasteiger partial charge in [0.1, 0.15) is 11.6 Å². The Morgan fingerprint density at radius 3 is 2.45 bits per heavy atom. The van der Waals surface area contributed by atoms with E-state index in [2.05, 4.69) is 16.0 Å². The number of unbranched alkanes of at least 4 members (excludes halogenated alkanes) is 1. The molecule has 38 heavy (non-hydrogen) atoms. The number of aryl methyl sites for hydroxylation is 3. The van der Waals surface area contributed by atoms with Gasteiger partial charge in [-0.3, -0.25) is 4.79 Å². The first-order valence-electron chi connectivity index (χ1n) is 12.7. The van der Waals surface area contributed by atoms with Crippen molar-refractivity contribution in [3.8, 4) is 17.2 Å². The molecule has 4 rings (SSSR count). The molecule has 0 aliphatic rings. The summed E-state index contributed by atoms with van der Waals surface area (Å²) in [5.74, 6) is 2.74. The third-order valence-electron chi connectivity index (χ3n) is 6.47. The number of para-hydroxylation sites is 2. The van der Waals surface area contributed by atoms with Crippen LogP contribution < -0.4 is 19.5 Å². The molecule has 0 spiro atoms. The number of nitrogens with one attached hydrogen (secondary N) is 1. The summed E-state index contributed by atoms with van der Waals surface area (Å²) in [6, 6.07) is 17.2. The summed E-state index contributed by atoms with van der Waals surface area (Å²) in [4.78, 5) is 17.6. The lowest BCUT2D eigenvalue weighted by molar-refractivity contribution is 0.0953. The van der Waals surface area contributed by atoms with Gasteiger partial charge in [0.25, 0.3) is 5.91 Å². The molecular formula is C30H34ClN3O4. The van der Waals surface area contributed by atoms with E-state index in [1.807, 2.05) is 44.2 Å². The predicted molar refractivity (Wildman–Crippen MR) is 151 cm³/mol. The molecule has 1 amide bonds. The molecule has 0 saturated heterocycles. The molecule has 0 saturated carbocycles. The minimum atomic E-state index is -0.168. The molecule has 8 heteroatoms. The number of carbonyl (C=O) groups is 1. The normalized spacial score (nSPS) is 11.0. The van der Waals surface area contributed by atoms with Gasteiger partial charge in [0.05, 0.1) is 31.9 Å². The SMILES string of the molecule is COc1ccc(C(=O)NCCc2nc3ccccc3n2CCCCOc2cc(C)c(Cl)c(C)c2)cc1OC. The van der Waals surface area contributed by atoms with Crippen molar-refractivity contribution in [2.75, 3.05) is 27.4 Å². The molecule has 1 N–H and O–H groups in total. The van der Waals surface area contributed by atoms with Gasteiger partial charge in [0.15, 0.2) is 11.5 Å². The zero-order valence-corrected chi connectivity index (χ0v) is 23.1. The van der Waals surface area contributed by atoms with Gasteiger partial charge in [-0.05, 0) is 80.3 Å². The number of aromatic nitrogens is 2. The highest BCUT2D eigenvalue weighted by molar-refractivity contribution is 6.32. The van der Waals surface area contributed by atoms with Crippen LogP contribution in [0.5, 0.6) is 17.2 Å². The summed E-state index contributed by atoms with van der Waals surface area (Å²) in [5, 5.41) is 3.79. The van der Waals surface area contributed by atoms with Gasteiger partial charge in [0, 0.05) is 30.1 Å². The van der Waals surface area contributed by atoms with E-state index in [1.54, 1.807) is 32.4 Å². The van der Waals surface area contributed by atoms with Gasteiger partial charge in [-0.25, -0.2) is 4.98 Å². The Morgan fingerprint density at radius 2 is 1.71 bits per heavy atom. The van der Waals surface area contributed by atoms with Crippen molar-refractivity contribution in [3.63, 3.8) is 0 Å². The lowest BCUT2D eigenvalue weighted by atomic mass is 10.1. The van der Waals surface area contributed by atoms with Crippen LogP contribution in [0.3, 0.4) is 0 Å². The van der Waals surface area contributed by atoms with Gasteiger partial charge in [-0.2, -0.15) is 0 Å². The fourth-order valence-corrected chi connectivity index (χ4v) is 4.59. The topological polar surface area (TPSA) is 74.6 Å². The first kappa shape index (κ1) is 27.3. The molecule has 0 bridgehead atoms. The second kappa shape index (κ2) is 12.7. The standard InChI is InChI=1S/C30H34ClN3O4/c1-20-17-23(18-21(2)29(20)31)38-16-8-7-15-34-25-10-6-5-9-24(25)33-28(34)13-14-32-30(35)22-11-12-26(36-3)27(19-22)37-4/h5-6,9-12,17-19H,7-8,13-16H2,1-4H3,(H,32,35). The lowest BCUT2D eigenvalue weighted by Gasteiger charge is -2.12. The van der Waals surface area contributed by atoms with Crippen LogP contribution in [0.25, 0.3) is 11.0 Å². The molecule has 1 heterocycles. The van der Waals surface area contributed by atoms with Crippen LogP contribution in [0.15, 0.2) is 54.6 Å². The fraction of sp³-hybridized carbons (Fsp3) is 0.333. The molecule has 200 valence electrons. The van der Waals surface area contributed by atoms with Gasteiger partial charge in [0.2, 0.25) is 0 Å². The Bertz CT molecular complexity index is 1390. The maximum Gasteiger partial charge on any atom is 0.251 e. The van der Waals surface area contributed by atoms with Crippen LogP contribution in [0, 0.1) is 13.8 Å². The predicted octanol–water partition coefficient (Wildman–Crippen LogP) is 6.16. The van der Waals surface area contributed by atoms with Crippen molar-refractivity contribution in [3.05, 3.63) is 82.1 Å². The maximum absolute atomic E-state index is 12.7. The highest BCUT2D eigenvalue weighted by Crippen LogP contribution is 2.28. The number of hydrogen-bond donors (Lipinski definition) is 1. The van der Waals surface area contributed by atoms with E-state index < -0.39 is 0 Å². The number of fused-ring (bicyclic) bond motifs is 1. The largest absolute Gasteiger partial charge is 0.494 e. The minimum absolute atomic E-state index is 0.168. The zero-order valence-electron chi connectivity index (χ0n) is 22.3. The van der Waals surface area contributed by atoms with Gasteiger partial charge in [-0.15, -0.1) is 0 Å². The summed E-state index contributed by atoms with van der Waals surface area (Å²) in [6.45, 7) is 5.90. The van der Waals surface area contributed by atoms with Crippen LogP contribution >= 0.6 is 11.6 Å². The number of ether oxygens (including phenoxy) is 3. The highest BCUT2D eigenvalue weighted by Gasteiger charge is 2.13. The second-order valence-corrected chi connectivity index (χ2v) is 9.55. The van der Waals surface area contributed by atoms with E-state index >= 15 is 0 Å². The van der Waals surface area contributed by atoms with Crippen molar-refractivity contribution in [2.24, 2.45) is 0 Å². The summed E-state index contributed by atoms with van der Waals surface area (Å²) in [6.07, 6.45) is 2.47. The third kappa shape index (κ3) is 6.40. The molecule has 0 unspecified atom stereocenters. The van der Waals surface area contributed by atoms with E-state index in [1.165, 1.54) is 0 Å². The fourth-order valence-electron chi connectivity index (χ4n) is 4.48. The minimum Gasteiger partial charge on any atom is -0.494 e. The number of hydrogen-bond acceptors (Lipinski definition) is 5. The first-order valence-corrected chi connectivity index (χ1v) is 13.1. The van der Waals surface area contributed by atoms with E-state index in [0.717, 1.165) is 58.1 Å². The Hall–Kier alpha value is -3.71. The lowest BCUT2D eigenvalue weighted by Crippen LogP contribution is -2.26. The van der Waals surface area contributed by atoms with E-state index in [0.29, 0.717) is 36.6 Å². The van der Waals surface area contributed by atoms with E-state index in [-0.39, 0.29) is 5.91 Å². The number of amides is 1. The number of imidazole rings is 1. The first-order chi connectivity index (χ1) is 18.4. The second-order valence-electron chi connectivity index (χ2n) is 9.17. The third-order valence-corrected chi connectivity index (χ3v) is 7.06. The molecule has 0 fully saturated rings. The van der Waals surface area contributed by atoms with Crippen LogP contribution in [0.1, 0.15) is 40.2 Å². The number of rotatable bonds is 12. The molecule has 1 aromatic heterocycles. The Labute approximate surface area is 228 Å². The quantitative estimate of drug-likeness (QED) is 0.220. The molecular weight excluding hydrogens is 502 g/mol. The van der Waals surface area contributed by atoms with E-state index in [9.17, 15) is 4.79 Å². The summed E-state index contributed by atoms with van der Waals surface area (Å²) >= 11 is 6.26. The van der Waals surface area contributed by atoms with Gasteiger partial charge >= 0.3 is 0 Å². The van der Waals surface area contributed by atoms with Crippen molar-refractivity contribution >= 4 is 28.5 Å².